The first-order valence-corrected chi connectivity index (χ1v) is 9.00. The van der Waals surface area contributed by atoms with Crippen molar-refractivity contribution in [1.82, 2.24) is 10.3 Å². The molecule has 1 aromatic carbocycles. The van der Waals surface area contributed by atoms with Crippen LogP contribution in [0.1, 0.15) is 41.7 Å². The van der Waals surface area contributed by atoms with Crippen molar-refractivity contribution in [2.45, 2.75) is 38.2 Å². The third-order valence-corrected chi connectivity index (χ3v) is 5.06. The van der Waals surface area contributed by atoms with Crippen LogP contribution in [0.2, 0.25) is 0 Å². The van der Waals surface area contributed by atoms with Gasteiger partial charge in [-0.15, -0.1) is 0 Å². The second kappa shape index (κ2) is 7.03. The molecule has 1 aliphatic rings. The minimum atomic E-state index is -0.743. The molecule has 0 bridgehead atoms. The number of aromatic nitrogens is 1. The number of pyridine rings is 1. The van der Waals surface area contributed by atoms with Gasteiger partial charge in [0.2, 0.25) is 0 Å². The highest BCUT2D eigenvalue weighted by atomic mass is 79.9. The number of amides is 1. The van der Waals surface area contributed by atoms with Crippen molar-refractivity contribution in [3.63, 3.8) is 0 Å². The van der Waals surface area contributed by atoms with Gasteiger partial charge in [-0.3, -0.25) is 9.78 Å². The number of hydrogen-bond donors (Lipinski definition) is 2. The summed E-state index contributed by atoms with van der Waals surface area (Å²) in [5, 5.41) is 13.2. The number of aryl methyl sites for hydroxylation is 1. The van der Waals surface area contributed by atoms with E-state index in [0.717, 1.165) is 41.4 Å². The van der Waals surface area contributed by atoms with Crippen LogP contribution in [0.15, 0.2) is 40.9 Å². The van der Waals surface area contributed by atoms with Crippen LogP contribution in [0.3, 0.4) is 0 Å². The quantitative estimate of drug-likeness (QED) is 0.835. The molecule has 1 amide bonds. The topological polar surface area (TPSA) is 62.2 Å². The molecule has 126 valence electrons. The monoisotopic (exact) mass is 388 g/mol. The van der Waals surface area contributed by atoms with Crippen molar-refractivity contribution in [3.8, 4) is 11.3 Å². The maximum absolute atomic E-state index is 12.4. The van der Waals surface area contributed by atoms with E-state index in [1.165, 1.54) is 0 Å². The molecule has 4 nitrogen and oxygen atoms in total. The zero-order valence-corrected chi connectivity index (χ0v) is 15.3. The lowest BCUT2D eigenvalue weighted by Gasteiger charge is -2.22. The predicted molar refractivity (Wildman–Crippen MR) is 97.9 cm³/mol. The van der Waals surface area contributed by atoms with Gasteiger partial charge in [0, 0.05) is 16.6 Å². The number of hydrogen-bond acceptors (Lipinski definition) is 3. The third-order valence-electron chi connectivity index (χ3n) is 4.56. The Labute approximate surface area is 150 Å². The number of carbonyl (C=O) groups is 1. The van der Waals surface area contributed by atoms with Gasteiger partial charge < -0.3 is 10.4 Å². The van der Waals surface area contributed by atoms with Crippen molar-refractivity contribution in [1.29, 1.82) is 0 Å². The summed E-state index contributed by atoms with van der Waals surface area (Å²) in [6.07, 6.45) is 3.56. The molecule has 0 saturated heterocycles. The zero-order chi connectivity index (χ0) is 17.2. The molecule has 0 radical (unpaired) electrons. The molecule has 5 heteroatoms. The summed E-state index contributed by atoms with van der Waals surface area (Å²) in [4.78, 5) is 17.0. The lowest BCUT2D eigenvalue weighted by atomic mass is 10.0. The van der Waals surface area contributed by atoms with Crippen molar-refractivity contribution in [3.05, 3.63) is 52.1 Å². The third kappa shape index (κ3) is 3.84. The Morgan fingerprint density at radius 1 is 1.29 bits per heavy atom. The normalized spacial score (nSPS) is 16.1. The van der Waals surface area contributed by atoms with Crippen molar-refractivity contribution in [2.24, 2.45) is 0 Å². The molecule has 1 saturated carbocycles. The predicted octanol–water partition coefficient (Wildman–Crippen LogP) is 3.85. The molecule has 1 fully saturated rings. The lowest BCUT2D eigenvalue weighted by Crippen LogP contribution is -2.41. The molecule has 1 aliphatic carbocycles. The largest absolute Gasteiger partial charge is 0.388 e. The van der Waals surface area contributed by atoms with E-state index in [1.807, 2.05) is 37.3 Å². The summed E-state index contributed by atoms with van der Waals surface area (Å²) >= 11 is 3.46. The highest BCUT2D eigenvalue weighted by Crippen LogP contribution is 2.28. The van der Waals surface area contributed by atoms with Gasteiger partial charge >= 0.3 is 0 Å². The molecule has 2 N–H and O–H groups in total. The highest BCUT2D eigenvalue weighted by Gasteiger charge is 2.31. The van der Waals surface area contributed by atoms with Crippen LogP contribution in [-0.4, -0.2) is 28.1 Å². The van der Waals surface area contributed by atoms with E-state index >= 15 is 0 Å². The fourth-order valence-corrected chi connectivity index (χ4v) is 3.56. The van der Waals surface area contributed by atoms with E-state index in [0.29, 0.717) is 17.8 Å². The molecule has 3 rings (SSSR count). The standard InChI is InChI=1S/C19H21BrN2O2/c1-13-16(18(23)21-12-19(24)9-2-3-10-19)7-8-17(22-13)14-5-4-6-15(20)11-14/h4-8,11,24H,2-3,9-10,12H2,1H3,(H,21,23). The molecule has 0 unspecified atom stereocenters. The van der Waals surface area contributed by atoms with E-state index in [4.69, 9.17) is 0 Å². The molecule has 0 atom stereocenters. The first-order chi connectivity index (χ1) is 11.5. The average molecular weight is 389 g/mol. The second-order valence-corrected chi connectivity index (χ2v) is 7.37. The van der Waals surface area contributed by atoms with E-state index in [1.54, 1.807) is 6.07 Å². The van der Waals surface area contributed by atoms with Crippen LogP contribution in [-0.2, 0) is 0 Å². The van der Waals surface area contributed by atoms with Gasteiger partial charge in [0.25, 0.3) is 5.91 Å². The van der Waals surface area contributed by atoms with Gasteiger partial charge in [-0.05, 0) is 44.0 Å². The van der Waals surface area contributed by atoms with Crippen molar-refractivity contribution < 1.29 is 9.90 Å². The molecule has 0 spiro atoms. The fourth-order valence-electron chi connectivity index (χ4n) is 3.16. The van der Waals surface area contributed by atoms with E-state index in [-0.39, 0.29) is 5.91 Å². The first-order valence-electron chi connectivity index (χ1n) is 8.21. The Hall–Kier alpha value is -1.72. The summed E-state index contributed by atoms with van der Waals surface area (Å²) < 4.78 is 0.992. The molecular formula is C19H21BrN2O2. The van der Waals surface area contributed by atoms with Gasteiger partial charge in [-0.1, -0.05) is 40.9 Å². The van der Waals surface area contributed by atoms with Gasteiger partial charge in [-0.2, -0.15) is 0 Å². The number of carbonyl (C=O) groups excluding carboxylic acids is 1. The highest BCUT2D eigenvalue weighted by molar-refractivity contribution is 9.10. The molecular weight excluding hydrogens is 368 g/mol. The number of benzene rings is 1. The Balaban J connectivity index is 1.73. The Kier molecular flexibility index (Phi) is 5.01. The number of halogens is 1. The average Bonchev–Trinajstić information content (AvgIpc) is 3.00. The van der Waals surface area contributed by atoms with Crippen LogP contribution >= 0.6 is 15.9 Å². The summed E-state index contributed by atoms with van der Waals surface area (Å²) in [6.45, 7) is 2.14. The van der Waals surface area contributed by atoms with Gasteiger partial charge in [0.1, 0.15) is 0 Å². The first kappa shape index (κ1) is 17.1. The van der Waals surface area contributed by atoms with Gasteiger partial charge in [0.05, 0.1) is 22.6 Å². The Morgan fingerprint density at radius 2 is 2.04 bits per heavy atom. The minimum absolute atomic E-state index is 0.180. The smallest absolute Gasteiger partial charge is 0.253 e. The van der Waals surface area contributed by atoms with Crippen LogP contribution in [0.4, 0.5) is 0 Å². The summed E-state index contributed by atoms with van der Waals surface area (Å²) in [7, 11) is 0. The van der Waals surface area contributed by atoms with Crippen LogP contribution in [0, 0.1) is 6.92 Å². The van der Waals surface area contributed by atoms with Crippen LogP contribution < -0.4 is 5.32 Å². The summed E-state index contributed by atoms with van der Waals surface area (Å²) in [6, 6.07) is 11.6. The Morgan fingerprint density at radius 3 is 2.71 bits per heavy atom. The molecule has 24 heavy (non-hydrogen) atoms. The summed E-state index contributed by atoms with van der Waals surface area (Å²) in [5.41, 5.74) is 2.32. The minimum Gasteiger partial charge on any atom is -0.388 e. The Bertz CT molecular complexity index is 755. The maximum atomic E-state index is 12.4. The van der Waals surface area contributed by atoms with E-state index in [9.17, 15) is 9.90 Å². The molecule has 2 aromatic rings. The van der Waals surface area contributed by atoms with Crippen LogP contribution in [0.5, 0.6) is 0 Å². The van der Waals surface area contributed by atoms with Crippen LogP contribution in [0.25, 0.3) is 11.3 Å². The molecule has 1 heterocycles. The SMILES string of the molecule is Cc1nc(-c2cccc(Br)c2)ccc1C(=O)NCC1(O)CCCC1. The van der Waals surface area contributed by atoms with Gasteiger partial charge in [0.15, 0.2) is 0 Å². The fraction of sp³-hybridized carbons (Fsp3) is 0.368. The molecule has 0 aliphatic heterocycles. The van der Waals surface area contributed by atoms with Crippen molar-refractivity contribution in [2.75, 3.05) is 6.54 Å². The lowest BCUT2D eigenvalue weighted by molar-refractivity contribution is 0.0449. The van der Waals surface area contributed by atoms with E-state index in [2.05, 4.69) is 26.2 Å². The molecule has 1 aromatic heterocycles. The van der Waals surface area contributed by atoms with Crippen molar-refractivity contribution >= 4 is 21.8 Å². The number of nitrogens with one attached hydrogen (secondary N) is 1. The number of rotatable bonds is 4. The second-order valence-electron chi connectivity index (χ2n) is 6.45. The number of aliphatic hydroxyl groups is 1. The summed E-state index contributed by atoms with van der Waals surface area (Å²) in [5.74, 6) is -0.180. The maximum Gasteiger partial charge on any atom is 0.253 e. The number of nitrogens with zero attached hydrogens (tertiary/aromatic N) is 1. The van der Waals surface area contributed by atoms with Gasteiger partial charge in [-0.25, -0.2) is 0 Å². The zero-order valence-electron chi connectivity index (χ0n) is 13.7. The van der Waals surface area contributed by atoms with E-state index < -0.39 is 5.60 Å².